The Bertz CT molecular complexity index is 834. The summed E-state index contributed by atoms with van der Waals surface area (Å²) in [6.45, 7) is 1.61. The van der Waals surface area contributed by atoms with Crippen LogP contribution in [0.15, 0.2) is 16.9 Å². The highest BCUT2D eigenvalue weighted by Crippen LogP contribution is 2.25. The Morgan fingerprint density at radius 3 is 2.67 bits per heavy atom. The molecule has 0 spiro atoms. The highest BCUT2D eigenvalue weighted by molar-refractivity contribution is 6.00. The predicted octanol–water partition coefficient (Wildman–Crippen LogP) is 0.765. The summed E-state index contributed by atoms with van der Waals surface area (Å²) in [5.41, 5.74) is 0.493. The molecule has 1 aromatic carbocycles. The third-order valence-corrected chi connectivity index (χ3v) is 3.90. The molecule has 110 valence electrons. The molecule has 3 rings (SSSR count). The maximum Gasteiger partial charge on any atom is 0.329 e. The summed E-state index contributed by atoms with van der Waals surface area (Å²) in [5, 5.41) is 2.21. The third kappa shape index (κ3) is 1.88. The van der Waals surface area contributed by atoms with E-state index in [0.717, 1.165) is 0 Å². The number of amides is 2. The van der Waals surface area contributed by atoms with Crippen molar-refractivity contribution < 1.29 is 14.0 Å². The van der Waals surface area contributed by atoms with Gasteiger partial charge in [-0.25, -0.2) is 9.18 Å². The number of nitrogens with one attached hydrogen (secondary N) is 1. The first-order valence-corrected chi connectivity index (χ1v) is 6.61. The molecular weight excluding hydrogens is 277 g/mol. The molecule has 6 nitrogen and oxygen atoms in total. The largest absolute Gasteiger partial charge is 0.329 e. The number of aromatic nitrogens is 2. The van der Waals surface area contributed by atoms with Gasteiger partial charge in [0.1, 0.15) is 11.6 Å². The summed E-state index contributed by atoms with van der Waals surface area (Å²) in [4.78, 5) is 35.6. The summed E-state index contributed by atoms with van der Waals surface area (Å²) in [5.74, 6) is -1.36. The van der Waals surface area contributed by atoms with Gasteiger partial charge in [-0.3, -0.25) is 24.0 Å². The van der Waals surface area contributed by atoms with Crippen molar-refractivity contribution in [1.29, 1.82) is 0 Å². The summed E-state index contributed by atoms with van der Waals surface area (Å²) in [7, 11) is 1.47. The molecule has 21 heavy (non-hydrogen) atoms. The lowest BCUT2D eigenvalue weighted by Crippen LogP contribution is -2.44. The van der Waals surface area contributed by atoms with E-state index in [1.807, 2.05) is 0 Å². The van der Waals surface area contributed by atoms with Crippen molar-refractivity contribution in [3.05, 3.63) is 34.0 Å². The molecule has 7 heteroatoms. The highest BCUT2D eigenvalue weighted by Gasteiger charge is 2.31. The van der Waals surface area contributed by atoms with Crippen molar-refractivity contribution in [3.63, 3.8) is 0 Å². The highest BCUT2D eigenvalue weighted by atomic mass is 19.1. The van der Waals surface area contributed by atoms with Crippen LogP contribution in [0.1, 0.15) is 24.4 Å². The van der Waals surface area contributed by atoms with Gasteiger partial charge in [0.15, 0.2) is 5.82 Å². The first-order chi connectivity index (χ1) is 9.91. The van der Waals surface area contributed by atoms with E-state index in [1.54, 1.807) is 19.1 Å². The number of nitrogens with zero attached hydrogens (tertiary/aromatic N) is 2. The second kappa shape index (κ2) is 4.54. The van der Waals surface area contributed by atoms with Gasteiger partial charge >= 0.3 is 5.69 Å². The van der Waals surface area contributed by atoms with Gasteiger partial charge in [-0.15, -0.1) is 0 Å². The molecule has 1 saturated heterocycles. The molecule has 0 saturated carbocycles. The van der Waals surface area contributed by atoms with E-state index in [9.17, 15) is 18.8 Å². The molecule has 0 bridgehead atoms. The molecule has 2 aromatic rings. The normalized spacial score (nSPS) is 19.1. The fourth-order valence-electron chi connectivity index (χ4n) is 2.76. The third-order valence-electron chi connectivity index (χ3n) is 3.90. The minimum Gasteiger partial charge on any atom is -0.295 e. The van der Waals surface area contributed by atoms with Crippen molar-refractivity contribution in [1.82, 2.24) is 14.5 Å². The van der Waals surface area contributed by atoms with Gasteiger partial charge in [0, 0.05) is 13.5 Å². The van der Waals surface area contributed by atoms with E-state index in [0.29, 0.717) is 11.1 Å². The zero-order chi connectivity index (χ0) is 15.3. The van der Waals surface area contributed by atoms with E-state index in [4.69, 9.17) is 0 Å². The summed E-state index contributed by atoms with van der Waals surface area (Å²) in [6.07, 6.45) is 0.396. The van der Waals surface area contributed by atoms with Crippen LogP contribution in [0, 0.1) is 12.7 Å². The van der Waals surface area contributed by atoms with Crippen LogP contribution in [0.3, 0.4) is 0 Å². The number of hydrogen-bond acceptors (Lipinski definition) is 3. The lowest BCUT2D eigenvalue weighted by molar-refractivity contribution is -0.135. The summed E-state index contributed by atoms with van der Waals surface area (Å²) in [6, 6.07) is 2.40. The van der Waals surface area contributed by atoms with Crippen molar-refractivity contribution in [2.24, 2.45) is 7.05 Å². The van der Waals surface area contributed by atoms with Crippen LogP contribution in [0.4, 0.5) is 4.39 Å². The van der Waals surface area contributed by atoms with Crippen LogP contribution < -0.4 is 11.0 Å². The average molecular weight is 291 g/mol. The Labute approximate surface area is 119 Å². The Hall–Kier alpha value is -2.44. The van der Waals surface area contributed by atoms with Crippen LogP contribution in [0.2, 0.25) is 0 Å². The Morgan fingerprint density at radius 1 is 1.29 bits per heavy atom. The van der Waals surface area contributed by atoms with E-state index in [1.165, 1.54) is 16.2 Å². The van der Waals surface area contributed by atoms with Gasteiger partial charge in [-0.1, -0.05) is 6.07 Å². The predicted molar refractivity (Wildman–Crippen MR) is 73.3 cm³/mol. The minimum absolute atomic E-state index is 0.160. The van der Waals surface area contributed by atoms with Gasteiger partial charge in [0.2, 0.25) is 11.8 Å². The number of carbonyl (C=O) groups excluding carboxylic acids is 2. The number of halogens is 1. The van der Waals surface area contributed by atoms with Crippen LogP contribution in [0.25, 0.3) is 11.0 Å². The SMILES string of the molecule is Cc1ccc2c(c1F)n(C)c(=O)n2C1CCC(=O)NC1=O. The van der Waals surface area contributed by atoms with Crippen LogP contribution >= 0.6 is 0 Å². The first-order valence-electron chi connectivity index (χ1n) is 6.61. The molecule has 0 radical (unpaired) electrons. The van der Waals surface area contributed by atoms with Crippen LogP contribution in [-0.2, 0) is 16.6 Å². The molecule has 1 atom stereocenters. The summed E-state index contributed by atoms with van der Waals surface area (Å²) < 4.78 is 16.7. The zero-order valence-corrected chi connectivity index (χ0v) is 11.6. The molecule has 1 N–H and O–H groups in total. The molecule has 2 amide bonds. The van der Waals surface area contributed by atoms with Gasteiger partial charge in [-0.05, 0) is 25.0 Å². The molecule has 1 unspecified atom stereocenters. The lowest BCUT2D eigenvalue weighted by atomic mass is 10.1. The molecule has 1 aromatic heterocycles. The van der Waals surface area contributed by atoms with E-state index in [2.05, 4.69) is 5.32 Å². The van der Waals surface area contributed by atoms with E-state index in [-0.39, 0.29) is 24.3 Å². The Kier molecular flexibility index (Phi) is 2.93. The van der Waals surface area contributed by atoms with Gasteiger partial charge in [-0.2, -0.15) is 0 Å². The number of carbonyl (C=O) groups is 2. The van der Waals surface area contributed by atoms with Crippen molar-refractivity contribution in [3.8, 4) is 0 Å². The molecule has 1 aliphatic rings. The van der Waals surface area contributed by atoms with Gasteiger partial charge < -0.3 is 0 Å². The fraction of sp³-hybridized carbons (Fsp3) is 0.357. The number of rotatable bonds is 1. The van der Waals surface area contributed by atoms with Crippen LogP contribution in [-0.4, -0.2) is 20.9 Å². The monoisotopic (exact) mass is 291 g/mol. The van der Waals surface area contributed by atoms with E-state index < -0.39 is 23.5 Å². The number of hydrogen-bond donors (Lipinski definition) is 1. The Morgan fingerprint density at radius 2 is 2.00 bits per heavy atom. The first kappa shape index (κ1) is 13.5. The maximum absolute atomic E-state index is 14.3. The number of benzene rings is 1. The van der Waals surface area contributed by atoms with Crippen LogP contribution in [0.5, 0.6) is 0 Å². The second-order valence-electron chi connectivity index (χ2n) is 5.24. The number of piperidine rings is 1. The van der Waals surface area contributed by atoms with Crippen molar-refractivity contribution >= 4 is 22.8 Å². The smallest absolute Gasteiger partial charge is 0.295 e. The molecule has 1 aliphatic heterocycles. The molecule has 1 fully saturated rings. The molecular formula is C14H14FN3O3. The maximum atomic E-state index is 14.3. The topological polar surface area (TPSA) is 73.1 Å². The number of imide groups is 1. The minimum atomic E-state index is -0.791. The number of fused-ring (bicyclic) bond motifs is 1. The average Bonchev–Trinajstić information content (AvgIpc) is 2.68. The zero-order valence-electron chi connectivity index (χ0n) is 11.6. The van der Waals surface area contributed by atoms with E-state index >= 15 is 0 Å². The van der Waals surface area contributed by atoms with Gasteiger partial charge in [0.05, 0.1) is 5.52 Å². The standard InChI is InChI=1S/C14H14FN3O3/c1-7-3-4-8-12(11(7)15)17(2)14(21)18(8)9-5-6-10(19)16-13(9)20/h3-4,9H,5-6H2,1-2H3,(H,16,19,20). The summed E-state index contributed by atoms with van der Waals surface area (Å²) >= 11 is 0. The Balaban J connectivity index is 2.27. The molecule has 2 heterocycles. The molecule has 0 aliphatic carbocycles. The fourth-order valence-corrected chi connectivity index (χ4v) is 2.76. The number of imidazole rings is 1. The number of aryl methyl sites for hydroxylation is 2. The lowest BCUT2D eigenvalue weighted by Gasteiger charge is -2.21. The quantitative estimate of drug-likeness (QED) is 0.789. The van der Waals surface area contributed by atoms with Crippen molar-refractivity contribution in [2.75, 3.05) is 0 Å². The second-order valence-corrected chi connectivity index (χ2v) is 5.24. The van der Waals surface area contributed by atoms with Gasteiger partial charge in [0.25, 0.3) is 0 Å². The van der Waals surface area contributed by atoms with Crippen molar-refractivity contribution in [2.45, 2.75) is 25.8 Å².